The summed E-state index contributed by atoms with van der Waals surface area (Å²) in [5.74, 6) is 1.94. The van der Waals surface area contributed by atoms with E-state index in [1.54, 1.807) is 0 Å². The SMILES string of the molecule is CC1(C)c2ccccc2-c2cc3c(cc21)c1ccccc1n3-c1cccc(-c2nc(-c3ccccc3)nc(-c3ccc4ccccc4c3)n2)c1. The standard InChI is InChI=1S/C46H32N4/c1-46(2)39-21-10-8-19-35(39)37-28-42-38(27-40(37)46)36-20-9-11-22-41(36)50(42)34-18-12-17-32(26-34)44-47-43(30-14-4-3-5-15-30)48-45(49-44)33-24-23-29-13-6-7-16-31(29)25-33/h3-28H,1-2H3. The maximum absolute atomic E-state index is 5.11. The average molecular weight is 641 g/mol. The van der Waals surface area contributed by atoms with E-state index in [-0.39, 0.29) is 5.41 Å². The van der Waals surface area contributed by atoms with Crippen LogP contribution in [0.3, 0.4) is 0 Å². The third-order valence-corrected chi connectivity index (χ3v) is 10.4. The molecule has 0 fully saturated rings. The molecule has 0 atom stereocenters. The number of aromatic nitrogens is 4. The third-order valence-electron chi connectivity index (χ3n) is 10.4. The van der Waals surface area contributed by atoms with Crippen LogP contribution in [0, 0.1) is 0 Å². The van der Waals surface area contributed by atoms with Crippen LogP contribution in [0.5, 0.6) is 0 Å². The van der Waals surface area contributed by atoms with E-state index in [0.717, 1.165) is 27.8 Å². The summed E-state index contributed by atoms with van der Waals surface area (Å²) in [6, 6.07) is 56.0. The molecule has 0 amide bonds. The van der Waals surface area contributed by atoms with Crippen LogP contribution in [0.4, 0.5) is 0 Å². The Morgan fingerprint density at radius 3 is 1.92 bits per heavy atom. The van der Waals surface area contributed by atoms with Gasteiger partial charge in [-0.3, -0.25) is 0 Å². The zero-order valence-corrected chi connectivity index (χ0v) is 27.8. The minimum Gasteiger partial charge on any atom is -0.309 e. The molecule has 4 nitrogen and oxygen atoms in total. The Labute approximate surface area is 290 Å². The number of hydrogen-bond acceptors (Lipinski definition) is 3. The van der Waals surface area contributed by atoms with Gasteiger partial charge in [-0.2, -0.15) is 0 Å². The molecular formula is C46H32N4. The molecule has 1 aliphatic rings. The molecule has 1 aliphatic carbocycles. The summed E-state index contributed by atoms with van der Waals surface area (Å²) in [6.45, 7) is 4.69. The van der Waals surface area contributed by atoms with Crippen molar-refractivity contribution in [1.29, 1.82) is 0 Å². The Kier molecular flexibility index (Phi) is 6.19. The summed E-state index contributed by atoms with van der Waals surface area (Å²) in [6.07, 6.45) is 0. The van der Waals surface area contributed by atoms with Gasteiger partial charge in [0, 0.05) is 38.6 Å². The normalized spacial score (nSPS) is 13.2. The molecule has 0 radical (unpaired) electrons. The number of fused-ring (bicyclic) bond motifs is 7. The fraction of sp³-hybridized carbons (Fsp3) is 0.0652. The topological polar surface area (TPSA) is 43.6 Å². The lowest BCUT2D eigenvalue weighted by atomic mass is 9.82. The van der Waals surface area contributed by atoms with Crippen molar-refractivity contribution in [3.63, 3.8) is 0 Å². The zero-order valence-electron chi connectivity index (χ0n) is 27.8. The first kappa shape index (κ1) is 28.6. The van der Waals surface area contributed by atoms with Crippen LogP contribution < -0.4 is 0 Å². The lowest BCUT2D eigenvalue weighted by Crippen LogP contribution is -2.14. The highest BCUT2D eigenvalue weighted by Crippen LogP contribution is 2.51. The van der Waals surface area contributed by atoms with Gasteiger partial charge in [-0.25, -0.2) is 15.0 Å². The van der Waals surface area contributed by atoms with E-state index in [0.29, 0.717) is 17.5 Å². The Morgan fingerprint density at radius 1 is 0.420 bits per heavy atom. The molecule has 0 unspecified atom stereocenters. The minimum atomic E-state index is -0.0683. The first-order valence-electron chi connectivity index (χ1n) is 17.1. The van der Waals surface area contributed by atoms with E-state index in [2.05, 4.69) is 158 Å². The van der Waals surface area contributed by atoms with Crippen molar-refractivity contribution >= 4 is 32.6 Å². The van der Waals surface area contributed by atoms with Crippen molar-refractivity contribution in [1.82, 2.24) is 19.5 Å². The molecule has 0 aliphatic heterocycles. The Balaban J connectivity index is 1.18. The van der Waals surface area contributed by atoms with Gasteiger partial charge in [0.05, 0.1) is 11.0 Å². The zero-order chi connectivity index (χ0) is 33.4. The van der Waals surface area contributed by atoms with Gasteiger partial charge in [-0.15, -0.1) is 0 Å². The maximum Gasteiger partial charge on any atom is 0.164 e. The van der Waals surface area contributed by atoms with E-state index in [1.807, 2.05) is 18.2 Å². The first-order valence-corrected chi connectivity index (χ1v) is 17.1. The summed E-state index contributed by atoms with van der Waals surface area (Å²) in [5, 5.41) is 4.84. The van der Waals surface area contributed by atoms with Crippen LogP contribution in [0.1, 0.15) is 25.0 Å². The fourth-order valence-corrected chi connectivity index (χ4v) is 7.90. The second-order valence-corrected chi connectivity index (χ2v) is 13.7. The molecule has 4 heteroatoms. The van der Waals surface area contributed by atoms with Crippen LogP contribution >= 0.6 is 0 Å². The third kappa shape index (κ3) is 4.35. The smallest absolute Gasteiger partial charge is 0.164 e. The van der Waals surface area contributed by atoms with Crippen molar-refractivity contribution in [2.75, 3.05) is 0 Å². The predicted molar refractivity (Wildman–Crippen MR) is 206 cm³/mol. The lowest BCUT2D eigenvalue weighted by molar-refractivity contribution is 0.661. The predicted octanol–water partition coefficient (Wildman–Crippen LogP) is 11.4. The maximum atomic E-state index is 5.11. The van der Waals surface area contributed by atoms with Gasteiger partial charge in [0.2, 0.25) is 0 Å². The van der Waals surface area contributed by atoms with Crippen LogP contribution in [-0.4, -0.2) is 19.5 Å². The monoisotopic (exact) mass is 640 g/mol. The summed E-state index contributed by atoms with van der Waals surface area (Å²) >= 11 is 0. The van der Waals surface area contributed by atoms with Gasteiger partial charge in [0.15, 0.2) is 17.5 Å². The molecule has 7 aromatic carbocycles. The van der Waals surface area contributed by atoms with E-state index in [9.17, 15) is 0 Å². The summed E-state index contributed by atoms with van der Waals surface area (Å²) in [4.78, 5) is 15.2. The molecule has 9 aromatic rings. The van der Waals surface area contributed by atoms with Crippen molar-refractivity contribution in [2.24, 2.45) is 0 Å². The number of para-hydroxylation sites is 1. The van der Waals surface area contributed by atoms with Crippen molar-refractivity contribution in [3.05, 3.63) is 169 Å². The molecule has 0 bridgehead atoms. The highest BCUT2D eigenvalue weighted by Gasteiger charge is 2.36. The van der Waals surface area contributed by atoms with Gasteiger partial charge >= 0.3 is 0 Å². The van der Waals surface area contributed by atoms with E-state index in [4.69, 9.17) is 15.0 Å². The van der Waals surface area contributed by atoms with Crippen LogP contribution in [0.25, 0.3) is 83.6 Å². The second-order valence-electron chi connectivity index (χ2n) is 13.7. The fourth-order valence-electron chi connectivity index (χ4n) is 7.90. The van der Waals surface area contributed by atoms with Gasteiger partial charge in [0.25, 0.3) is 0 Å². The van der Waals surface area contributed by atoms with Crippen LogP contribution in [0.15, 0.2) is 158 Å². The quantitative estimate of drug-likeness (QED) is 0.192. The van der Waals surface area contributed by atoms with Crippen LogP contribution in [-0.2, 0) is 5.41 Å². The van der Waals surface area contributed by atoms with E-state index < -0.39 is 0 Å². The molecule has 0 N–H and O–H groups in total. The van der Waals surface area contributed by atoms with Crippen molar-refractivity contribution in [2.45, 2.75) is 19.3 Å². The minimum absolute atomic E-state index is 0.0683. The summed E-state index contributed by atoms with van der Waals surface area (Å²) in [7, 11) is 0. The van der Waals surface area contributed by atoms with Gasteiger partial charge in [0.1, 0.15) is 0 Å². The molecule has 0 spiro atoms. The lowest BCUT2D eigenvalue weighted by Gasteiger charge is -2.21. The summed E-state index contributed by atoms with van der Waals surface area (Å²) in [5.41, 5.74) is 11.6. The van der Waals surface area contributed by atoms with Crippen LogP contribution in [0.2, 0.25) is 0 Å². The van der Waals surface area contributed by atoms with E-state index in [1.165, 1.54) is 49.4 Å². The van der Waals surface area contributed by atoms with E-state index >= 15 is 0 Å². The molecule has 0 saturated heterocycles. The number of hydrogen-bond donors (Lipinski definition) is 0. The number of benzene rings is 7. The van der Waals surface area contributed by atoms with Gasteiger partial charge in [-0.05, 0) is 69.4 Å². The first-order chi connectivity index (χ1) is 24.5. The van der Waals surface area contributed by atoms with Crippen molar-refractivity contribution in [3.8, 4) is 51.0 Å². The number of nitrogens with zero attached hydrogens (tertiary/aromatic N) is 4. The Bertz CT molecular complexity index is 2790. The highest BCUT2D eigenvalue weighted by molar-refractivity contribution is 6.11. The second kappa shape index (κ2) is 10.8. The molecular weight excluding hydrogens is 609 g/mol. The Hall–Kier alpha value is -6.39. The largest absolute Gasteiger partial charge is 0.309 e. The summed E-state index contributed by atoms with van der Waals surface area (Å²) < 4.78 is 2.39. The molecule has 236 valence electrons. The van der Waals surface area contributed by atoms with Gasteiger partial charge in [-0.1, -0.05) is 135 Å². The molecule has 50 heavy (non-hydrogen) atoms. The highest BCUT2D eigenvalue weighted by atomic mass is 15.0. The molecule has 10 rings (SSSR count). The molecule has 2 aromatic heterocycles. The number of rotatable bonds is 4. The van der Waals surface area contributed by atoms with Gasteiger partial charge < -0.3 is 4.57 Å². The molecule has 0 saturated carbocycles. The average Bonchev–Trinajstić information content (AvgIpc) is 3.62. The Morgan fingerprint density at radius 2 is 1.08 bits per heavy atom. The van der Waals surface area contributed by atoms with Crippen molar-refractivity contribution < 1.29 is 0 Å². The molecule has 2 heterocycles.